The van der Waals surface area contributed by atoms with Crippen LogP contribution in [0.25, 0.3) is 0 Å². The van der Waals surface area contributed by atoms with E-state index < -0.39 is 12.1 Å². The second-order valence-electron chi connectivity index (χ2n) is 26.0. The van der Waals surface area contributed by atoms with Gasteiger partial charge in [-0.1, -0.05) is 378 Å². The molecule has 2 atom stereocenters. The first-order chi connectivity index (χ1) is 41.0. The van der Waals surface area contributed by atoms with Crippen LogP contribution in [0, 0.1) is 0 Å². The van der Waals surface area contributed by atoms with Gasteiger partial charge in [0.25, 0.3) is 0 Å². The van der Waals surface area contributed by atoms with Crippen LogP contribution in [0.4, 0.5) is 0 Å². The van der Waals surface area contributed by atoms with Gasteiger partial charge < -0.3 is 20.3 Å². The Morgan fingerprint density at radius 1 is 0.337 bits per heavy atom. The predicted molar refractivity (Wildman–Crippen MR) is 366 cm³/mol. The van der Waals surface area contributed by atoms with Crippen LogP contribution in [0.5, 0.6) is 0 Å². The van der Waals surface area contributed by atoms with E-state index in [4.69, 9.17) is 4.74 Å². The molecule has 490 valence electrons. The van der Waals surface area contributed by atoms with Gasteiger partial charge in [-0.05, 0) is 64.2 Å². The van der Waals surface area contributed by atoms with Crippen molar-refractivity contribution in [1.82, 2.24) is 5.32 Å². The van der Waals surface area contributed by atoms with Crippen molar-refractivity contribution in [3.63, 3.8) is 0 Å². The number of aliphatic hydroxyl groups is 2. The van der Waals surface area contributed by atoms with Crippen LogP contribution in [0.1, 0.15) is 418 Å². The highest BCUT2D eigenvalue weighted by Crippen LogP contribution is 2.19. The fourth-order valence-corrected chi connectivity index (χ4v) is 11.9. The van der Waals surface area contributed by atoms with E-state index in [-0.39, 0.29) is 18.5 Å². The van der Waals surface area contributed by atoms with Crippen molar-refractivity contribution in [3.05, 3.63) is 36.5 Å². The minimum atomic E-state index is -0.840. The summed E-state index contributed by atoms with van der Waals surface area (Å²) in [5.74, 6) is -0.0455. The molecule has 0 fully saturated rings. The first-order valence-electron chi connectivity index (χ1n) is 37.8. The minimum Gasteiger partial charge on any atom is -0.466 e. The van der Waals surface area contributed by atoms with Crippen molar-refractivity contribution in [2.75, 3.05) is 13.2 Å². The quantitative estimate of drug-likeness (QED) is 0.0320. The van der Waals surface area contributed by atoms with Crippen LogP contribution < -0.4 is 5.32 Å². The van der Waals surface area contributed by atoms with Gasteiger partial charge in [0.1, 0.15) is 0 Å². The van der Waals surface area contributed by atoms with E-state index in [1.807, 2.05) is 6.08 Å². The lowest BCUT2D eigenvalue weighted by atomic mass is 10.0. The van der Waals surface area contributed by atoms with Gasteiger partial charge in [-0.3, -0.25) is 9.59 Å². The van der Waals surface area contributed by atoms with E-state index in [0.29, 0.717) is 19.4 Å². The molecule has 0 radical (unpaired) electrons. The van der Waals surface area contributed by atoms with Gasteiger partial charge in [0, 0.05) is 12.8 Å². The molecule has 6 heteroatoms. The summed E-state index contributed by atoms with van der Waals surface area (Å²) in [6.45, 7) is 4.91. The molecule has 0 aromatic rings. The molecule has 0 spiro atoms. The Balaban J connectivity index is 3.31. The third kappa shape index (κ3) is 69.1. The maximum atomic E-state index is 12.5. The summed E-state index contributed by atoms with van der Waals surface area (Å²) in [7, 11) is 0. The molecule has 0 aromatic heterocycles. The average molecular weight is 1170 g/mol. The molecular weight excluding hydrogens is 1020 g/mol. The maximum absolute atomic E-state index is 12.5. The van der Waals surface area contributed by atoms with Crippen molar-refractivity contribution < 1.29 is 24.5 Å². The van der Waals surface area contributed by atoms with Crippen LogP contribution in [0.2, 0.25) is 0 Å². The summed E-state index contributed by atoms with van der Waals surface area (Å²) in [5.41, 5.74) is 0. The Morgan fingerprint density at radius 2 is 0.602 bits per heavy atom. The van der Waals surface area contributed by atoms with Crippen molar-refractivity contribution in [2.24, 2.45) is 0 Å². The standard InChI is InChI=1S/C77H147NO5/c1-3-5-7-9-11-13-15-17-19-39-43-47-51-55-59-63-67-71-77(82)83-72-68-64-60-56-52-48-44-41-38-36-34-32-30-28-26-24-22-20-21-23-25-27-29-31-33-35-37-40-42-46-50-54-58-62-66-70-76(81)78-74(73-79)75(80)69-65-61-57-53-49-45-18-16-14-12-10-8-6-4-2/h11,13,17,19,65,69,74-75,79-80H,3-10,12,14-16,18,20-64,66-68,70-73H2,1-2H3,(H,78,81)/b13-11-,19-17-,69-65+. The number of carbonyl (C=O) groups excluding carboxylic acids is 2. The second kappa shape index (κ2) is 72.6. The van der Waals surface area contributed by atoms with Gasteiger partial charge in [0.2, 0.25) is 5.91 Å². The number of aliphatic hydroxyl groups excluding tert-OH is 2. The normalized spacial score (nSPS) is 12.7. The summed E-state index contributed by atoms with van der Waals surface area (Å²) in [4.78, 5) is 24.6. The highest BCUT2D eigenvalue weighted by atomic mass is 16.5. The first kappa shape index (κ1) is 81.1. The molecular formula is C77H147NO5. The largest absolute Gasteiger partial charge is 0.466 e. The number of allylic oxidation sites excluding steroid dienone is 5. The van der Waals surface area contributed by atoms with Gasteiger partial charge in [-0.15, -0.1) is 0 Å². The molecule has 2 unspecified atom stereocenters. The van der Waals surface area contributed by atoms with Crippen LogP contribution in [0.15, 0.2) is 36.5 Å². The third-order valence-corrected chi connectivity index (χ3v) is 17.7. The number of ether oxygens (including phenoxy) is 1. The zero-order valence-corrected chi connectivity index (χ0v) is 56.2. The second-order valence-corrected chi connectivity index (χ2v) is 26.0. The van der Waals surface area contributed by atoms with Crippen LogP contribution in [-0.4, -0.2) is 47.4 Å². The molecule has 0 aliphatic heterocycles. The molecule has 0 rings (SSSR count). The first-order valence-corrected chi connectivity index (χ1v) is 37.8. The van der Waals surface area contributed by atoms with E-state index in [2.05, 4.69) is 43.5 Å². The summed E-state index contributed by atoms with van der Waals surface area (Å²) < 4.78 is 5.51. The van der Waals surface area contributed by atoms with Crippen LogP contribution in [-0.2, 0) is 14.3 Å². The fraction of sp³-hybridized carbons (Fsp3) is 0.896. The third-order valence-electron chi connectivity index (χ3n) is 17.7. The van der Waals surface area contributed by atoms with Gasteiger partial charge in [-0.2, -0.15) is 0 Å². The van der Waals surface area contributed by atoms with Crippen LogP contribution in [0.3, 0.4) is 0 Å². The number of nitrogens with one attached hydrogen (secondary N) is 1. The van der Waals surface area contributed by atoms with E-state index in [1.165, 1.54) is 340 Å². The minimum absolute atomic E-state index is 0.0150. The monoisotopic (exact) mass is 1170 g/mol. The number of rotatable bonds is 71. The molecule has 1 amide bonds. The lowest BCUT2D eigenvalue weighted by Crippen LogP contribution is -2.45. The molecule has 0 saturated carbocycles. The van der Waals surface area contributed by atoms with Crippen molar-refractivity contribution in [2.45, 2.75) is 431 Å². The smallest absolute Gasteiger partial charge is 0.305 e. The Kier molecular flexibility index (Phi) is 70.9. The molecule has 0 heterocycles. The molecule has 0 bridgehead atoms. The zero-order valence-electron chi connectivity index (χ0n) is 56.2. The van der Waals surface area contributed by atoms with Gasteiger partial charge in [0.05, 0.1) is 25.4 Å². The molecule has 6 nitrogen and oxygen atoms in total. The molecule has 3 N–H and O–H groups in total. The van der Waals surface area contributed by atoms with E-state index in [1.54, 1.807) is 6.08 Å². The molecule has 83 heavy (non-hydrogen) atoms. The van der Waals surface area contributed by atoms with Crippen LogP contribution >= 0.6 is 0 Å². The highest BCUT2D eigenvalue weighted by Gasteiger charge is 2.18. The summed E-state index contributed by atoms with van der Waals surface area (Å²) in [6.07, 6.45) is 94.0. The van der Waals surface area contributed by atoms with E-state index >= 15 is 0 Å². The number of amides is 1. The van der Waals surface area contributed by atoms with Crippen molar-refractivity contribution >= 4 is 11.9 Å². The lowest BCUT2D eigenvalue weighted by molar-refractivity contribution is -0.143. The van der Waals surface area contributed by atoms with Gasteiger partial charge in [-0.25, -0.2) is 0 Å². The topological polar surface area (TPSA) is 95.9 Å². The predicted octanol–water partition coefficient (Wildman–Crippen LogP) is 24.7. The van der Waals surface area contributed by atoms with Crippen molar-refractivity contribution in [3.8, 4) is 0 Å². The van der Waals surface area contributed by atoms with E-state index in [9.17, 15) is 19.8 Å². The number of carbonyl (C=O) groups is 2. The fourth-order valence-electron chi connectivity index (χ4n) is 11.9. The maximum Gasteiger partial charge on any atom is 0.305 e. The number of hydrogen-bond donors (Lipinski definition) is 3. The molecule has 0 aliphatic rings. The summed E-state index contributed by atoms with van der Waals surface area (Å²) in [5, 5.41) is 23.2. The molecule has 0 saturated heterocycles. The van der Waals surface area contributed by atoms with Gasteiger partial charge in [0.15, 0.2) is 0 Å². The summed E-state index contributed by atoms with van der Waals surface area (Å²) >= 11 is 0. The number of esters is 1. The molecule has 0 aromatic carbocycles. The Hall–Kier alpha value is -1.92. The molecule has 0 aliphatic carbocycles. The Labute approximate surface area is 519 Å². The van der Waals surface area contributed by atoms with Gasteiger partial charge >= 0.3 is 5.97 Å². The number of unbranched alkanes of at least 4 members (excludes halogenated alkanes) is 56. The SMILES string of the molecule is CCCCC/C=C\C/C=C\CCCCCCCCCC(=O)OCCCCCCCCCCCCCCCCCCCCCCCCCCCCCCCCCCCCCC(=O)NC(CO)C(O)/C=C/CCCCCCCCCCCCCC. The Bertz CT molecular complexity index is 1340. The van der Waals surface area contributed by atoms with E-state index in [0.717, 1.165) is 51.4 Å². The average Bonchev–Trinajstić information content (AvgIpc) is 3.49. The summed E-state index contributed by atoms with van der Waals surface area (Å²) in [6, 6.07) is -0.623. The highest BCUT2D eigenvalue weighted by molar-refractivity contribution is 5.76. The lowest BCUT2D eigenvalue weighted by Gasteiger charge is -2.20. The van der Waals surface area contributed by atoms with Crippen molar-refractivity contribution in [1.29, 1.82) is 0 Å². The zero-order chi connectivity index (χ0) is 59.9. The Morgan fingerprint density at radius 3 is 0.940 bits per heavy atom. The number of hydrogen-bond acceptors (Lipinski definition) is 5.